The Balaban J connectivity index is 1.87. The summed E-state index contributed by atoms with van der Waals surface area (Å²) in [6, 6.07) is -0.865. The van der Waals surface area contributed by atoms with E-state index in [1.807, 2.05) is 0 Å². The molecule has 2 unspecified atom stereocenters. The minimum Gasteiger partial charge on any atom is -0.342 e. The topological polar surface area (TPSA) is 67.2 Å². The Morgan fingerprint density at radius 3 is 2.57 bits per heavy atom. The van der Waals surface area contributed by atoms with Crippen LogP contribution in [0.1, 0.15) is 39.0 Å². The zero-order valence-electron chi connectivity index (χ0n) is 12.6. The molecule has 21 heavy (non-hydrogen) atoms. The summed E-state index contributed by atoms with van der Waals surface area (Å²) in [7, 11) is 1.81. The molecular formula is C15H22N4O2. The Hall–Kier alpha value is -1.85. The third-order valence-corrected chi connectivity index (χ3v) is 4.66. The van der Waals surface area contributed by atoms with Gasteiger partial charge in [-0.25, -0.2) is 0 Å². The maximum Gasteiger partial charge on any atom is 0.250 e. The van der Waals surface area contributed by atoms with Crippen LogP contribution in [0.15, 0.2) is 12.4 Å². The van der Waals surface area contributed by atoms with Crippen molar-refractivity contribution in [1.82, 2.24) is 15.1 Å². The highest BCUT2D eigenvalue weighted by atomic mass is 16.2. The van der Waals surface area contributed by atoms with Gasteiger partial charge in [-0.05, 0) is 25.7 Å². The van der Waals surface area contributed by atoms with E-state index in [-0.39, 0.29) is 23.8 Å². The Kier molecular flexibility index (Phi) is 3.69. The molecule has 0 aromatic carbocycles. The van der Waals surface area contributed by atoms with E-state index in [4.69, 9.17) is 0 Å². The van der Waals surface area contributed by atoms with Gasteiger partial charge < -0.3 is 5.32 Å². The number of nitrogens with zero attached hydrogens (tertiary/aromatic N) is 3. The summed E-state index contributed by atoms with van der Waals surface area (Å²) in [5.74, 6) is 0.192. The second-order valence-corrected chi connectivity index (χ2v) is 6.14. The van der Waals surface area contributed by atoms with Crippen LogP contribution in [0.4, 0.5) is 5.69 Å². The number of aromatic nitrogens is 2. The first-order chi connectivity index (χ1) is 10.1. The van der Waals surface area contributed by atoms with Crippen molar-refractivity contribution >= 4 is 17.5 Å². The maximum absolute atomic E-state index is 12.9. The van der Waals surface area contributed by atoms with Gasteiger partial charge in [0.1, 0.15) is 12.1 Å². The SMILES string of the molecule is CC1C(=O)NC(C2CCCCC2)C(=O)N1c1cnn(C)c1. The first kappa shape index (κ1) is 14.1. The van der Waals surface area contributed by atoms with Gasteiger partial charge in [0.15, 0.2) is 0 Å². The standard InChI is InChI=1S/C15H22N4O2/c1-10-14(20)17-13(11-6-4-3-5-7-11)15(21)19(10)12-8-16-18(2)9-12/h8-11,13H,3-7H2,1-2H3,(H,17,20). The van der Waals surface area contributed by atoms with Crippen LogP contribution in [0.3, 0.4) is 0 Å². The Morgan fingerprint density at radius 2 is 1.95 bits per heavy atom. The van der Waals surface area contributed by atoms with Crippen LogP contribution in [-0.2, 0) is 16.6 Å². The predicted octanol–water partition coefficient (Wildman–Crippen LogP) is 1.22. The third-order valence-electron chi connectivity index (χ3n) is 4.66. The van der Waals surface area contributed by atoms with Gasteiger partial charge in [0.25, 0.3) is 5.91 Å². The molecule has 6 nitrogen and oxygen atoms in total. The van der Waals surface area contributed by atoms with Crippen LogP contribution in [-0.4, -0.2) is 33.7 Å². The molecule has 114 valence electrons. The molecule has 2 aliphatic rings. The third kappa shape index (κ3) is 2.54. The van der Waals surface area contributed by atoms with E-state index in [0.717, 1.165) is 25.7 Å². The van der Waals surface area contributed by atoms with Crippen molar-refractivity contribution in [3.8, 4) is 0 Å². The van der Waals surface area contributed by atoms with Crippen molar-refractivity contribution in [3.05, 3.63) is 12.4 Å². The highest BCUT2D eigenvalue weighted by molar-refractivity contribution is 6.08. The van der Waals surface area contributed by atoms with Crippen molar-refractivity contribution in [3.63, 3.8) is 0 Å². The lowest BCUT2D eigenvalue weighted by Gasteiger charge is -2.40. The second kappa shape index (κ2) is 5.50. The molecule has 1 aromatic rings. The number of amides is 2. The molecule has 1 aromatic heterocycles. The quantitative estimate of drug-likeness (QED) is 0.890. The lowest BCUT2D eigenvalue weighted by atomic mass is 9.82. The fourth-order valence-corrected chi connectivity index (χ4v) is 3.46. The zero-order chi connectivity index (χ0) is 15.0. The first-order valence-corrected chi connectivity index (χ1v) is 7.70. The number of piperazine rings is 1. The van der Waals surface area contributed by atoms with E-state index in [1.54, 1.807) is 35.9 Å². The molecule has 3 rings (SSSR count). The van der Waals surface area contributed by atoms with Crippen molar-refractivity contribution in [1.29, 1.82) is 0 Å². The summed E-state index contributed by atoms with van der Waals surface area (Å²) in [5.41, 5.74) is 0.700. The number of hydrogen-bond acceptors (Lipinski definition) is 3. The lowest BCUT2D eigenvalue weighted by molar-refractivity contribution is -0.135. The largest absolute Gasteiger partial charge is 0.342 e. The van der Waals surface area contributed by atoms with Crippen molar-refractivity contribution < 1.29 is 9.59 Å². The van der Waals surface area contributed by atoms with Gasteiger partial charge in [-0.2, -0.15) is 5.10 Å². The van der Waals surface area contributed by atoms with Gasteiger partial charge in [-0.1, -0.05) is 19.3 Å². The predicted molar refractivity (Wildman–Crippen MR) is 78.7 cm³/mol. The number of aryl methyl sites for hydroxylation is 1. The molecule has 2 fully saturated rings. The molecule has 2 amide bonds. The summed E-state index contributed by atoms with van der Waals surface area (Å²) < 4.78 is 1.65. The monoisotopic (exact) mass is 290 g/mol. The molecule has 1 saturated carbocycles. The van der Waals surface area contributed by atoms with Gasteiger partial charge in [0.05, 0.1) is 11.9 Å². The van der Waals surface area contributed by atoms with E-state index in [2.05, 4.69) is 10.4 Å². The van der Waals surface area contributed by atoms with Crippen LogP contribution in [0.2, 0.25) is 0 Å². The van der Waals surface area contributed by atoms with Crippen molar-refractivity contribution in [2.75, 3.05) is 4.90 Å². The van der Waals surface area contributed by atoms with E-state index < -0.39 is 6.04 Å². The van der Waals surface area contributed by atoms with E-state index in [1.165, 1.54) is 6.42 Å². The Labute approximate surface area is 124 Å². The molecule has 0 radical (unpaired) electrons. The summed E-state index contributed by atoms with van der Waals surface area (Å²) in [4.78, 5) is 26.7. The molecule has 1 aliphatic heterocycles. The van der Waals surface area contributed by atoms with Gasteiger partial charge in [0.2, 0.25) is 5.91 Å². The highest BCUT2D eigenvalue weighted by Crippen LogP contribution is 2.30. The van der Waals surface area contributed by atoms with Gasteiger partial charge in [0, 0.05) is 13.2 Å². The number of rotatable bonds is 2. The van der Waals surface area contributed by atoms with Crippen LogP contribution in [0.25, 0.3) is 0 Å². The summed E-state index contributed by atoms with van der Waals surface area (Å²) in [6.45, 7) is 1.76. The number of carbonyl (C=O) groups excluding carboxylic acids is 2. The molecular weight excluding hydrogens is 268 g/mol. The van der Waals surface area contributed by atoms with Crippen LogP contribution >= 0.6 is 0 Å². The van der Waals surface area contributed by atoms with E-state index in [9.17, 15) is 9.59 Å². The number of carbonyl (C=O) groups is 2. The zero-order valence-corrected chi connectivity index (χ0v) is 12.6. The van der Waals surface area contributed by atoms with Crippen molar-refractivity contribution in [2.24, 2.45) is 13.0 Å². The average Bonchev–Trinajstić information content (AvgIpc) is 2.90. The summed E-state index contributed by atoms with van der Waals surface area (Å²) in [5, 5.41) is 7.05. The first-order valence-electron chi connectivity index (χ1n) is 7.70. The van der Waals surface area contributed by atoms with Gasteiger partial charge >= 0.3 is 0 Å². The van der Waals surface area contributed by atoms with Crippen LogP contribution in [0.5, 0.6) is 0 Å². The average molecular weight is 290 g/mol. The molecule has 1 N–H and O–H groups in total. The van der Waals surface area contributed by atoms with Crippen molar-refractivity contribution in [2.45, 2.75) is 51.1 Å². The fraction of sp³-hybridized carbons (Fsp3) is 0.667. The maximum atomic E-state index is 12.9. The minimum absolute atomic E-state index is 0.00185. The van der Waals surface area contributed by atoms with E-state index >= 15 is 0 Å². The lowest BCUT2D eigenvalue weighted by Crippen LogP contribution is -2.64. The summed E-state index contributed by atoms with van der Waals surface area (Å²) >= 11 is 0. The molecule has 2 heterocycles. The smallest absolute Gasteiger partial charge is 0.250 e. The highest BCUT2D eigenvalue weighted by Gasteiger charge is 2.42. The Bertz CT molecular complexity index is 548. The molecule has 0 bridgehead atoms. The Morgan fingerprint density at radius 1 is 1.24 bits per heavy atom. The minimum atomic E-state index is -0.485. The fourth-order valence-electron chi connectivity index (χ4n) is 3.46. The molecule has 6 heteroatoms. The normalized spacial score (nSPS) is 27.8. The number of hydrogen-bond donors (Lipinski definition) is 1. The second-order valence-electron chi connectivity index (χ2n) is 6.14. The molecule has 1 saturated heterocycles. The van der Waals surface area contributed by atoms with E-state index in [0.29, 0.717) is 5.69 Å². The van der Waals surface area contributed by atoms with Crippen LogP contribution in [0, 0.1) is 5.92 Å². The van der Waals surface area contributed by atoms with Crippen LogP contribution < -0.4 is 10.2 Å². The summed E-state index contributed by atoms with van der Waals surface area (Å²) in [6.07, 6.45) is 8.99. The number of anilines is 1. The van der Waals surface area contributed by atoms with Gasteiger partial charge in [-0.15, -0.1) is 0 Å². The van der Waals surface area contributed by atoms with Gasteiger partial charge in [-0.3, -0.25) is 19.2 Å². The molecule has 0 spiro atoms. The number of nitrogens with one attached hydrogen (secondary N) is 1. The molecule has 2 atom stereocenters. The molecule has 1 aliphatic carbocycles.